The minimum atomic E-state index is 1.10. The van der Waals surface area contributed by atoms with E-state index in [0.29, 0.717) is 0 Å². The molecule has 6 aromatic rings. The first-order valence-corrected chi connectivity index (χ1v) is 15.9. The number of benzene rings is 4. The summed E-state index contributed by atoms with van der Waals surface area (Å²) in [4.78, 5) is 0. The molecule has 1 nitrogen and oxygen atoms in total. The van der Waals surface area contributed by atoms with E-state index in [1.807, 2.05) is 11.3 Å². The zero-order valence-corrected chi connectivity index (χ0v) is 23.8. The van der Waals surface area contributed by atoms with Crippen molar-refractivity contribution in [2.45, 2.75) is 90.5 Å². The molecule has 0 aliphatic rings. The van der Waals surface area contributed by atoms with Gasteiger partial charge >= 0.3 is 0 Å². The van der Waals surface area contributed by atoms with Crippen molar-refractivity contribution in [3.63, 3.8) is 0 Å². The zero-order valence-electron chi connectivity index (χ0n) is 23.0. The van der Waals surface area contributed by atoms with Gasteiger partial charge in [-0.1, -0.05) is 138 Å². The van der Waals surface area contributed by atoms with Crippen LogP contribution in [0.4, 0.5) is 0 Å². The maximum absolute atomic E-state index is 2.63. The molecule has 0 unspecified atom stereocenters. The van der Waals surface area contributed by atoms with E-state index >= 15 is 0 Å². The third kappa shape index (κ3) is 4.96. The molecule has 0 spiro atoms. The van der Waals surface area contributed by atoms with Gasteiger partial charge in [0.2, 0.25) is 0 Å². The molecule has 2 heteroatoms. The molecule has 0 bridgehead atoms. The number of unbranched alkanes of at least 4 members (excludes halogenated alkanes) is 11. The van der Waals surface area contributed by atoms with Gasteiger partial charge in [-0.15, -0.1) is 11.3 Å². The van der Waals surface area contributed by atoms with Gasteiger partial charge in [0.25, 0.3) is 0 Å². The van der Waals surface area contributed by atoms with Gasteiger partial charge < -0.3 is 4.57 Å². The fourth-order valence-corrected chi connectivity index (χ4v) is 7.71. The Morgan fingerprint density at radius 3 is 1.74 bits per heavy atom. The number of hydrogen-bond acceptors (Lipinski definition) is 1. The Balaban J connectivity index is 1.20. The number of aromatic nitrogens is 1. The summed E-state index contributed by atoms with van der Waals surface area (Å²) in [7, 11) is 0. The Bertz CT molecular complexity index is 1670. The van der Waals surface area contributed by atoms with Crippen molar-refractivity contribution in [3.8, 4) is 0 Å². The molecule has 0 aliphatic carbocycles. The molecule has 2 aromatic heterocycles. The van der Waals surface area contributed by atoms with E-state index in [1.165, 1.54) is 130 Å². The molecule has 0 amide bonds. The summed E-state index contributed by atoms with van der Waals surface area (Å²) >= 11 is 1.94. The summed E-state index contributed by atoms with van der Waals surface area (Å²) in [5.41, 5.74) is 2.81. The number of nitrogens with zero attached hydrogens (tertiary/aromatic N) is 1. The van der Waals surface area contributed by atoms with Crippen molar-refractivity contribution in [2.75, 3.05) is 0 Å². The number of fused-ring (bicyclic) bond motifs is 9. The average molecular weight is 520 g/mol. The topological polar surface area (TPSA) is 4.93 Å². The molecule has 6 rings (SSSR count). The van der Waals surface area contributed by atoms with Crippen molar-refractivity contribution in [2.24, 2.45) is 0 Å². The van der Waals surface area contributed by atoms with Crippen LogP contribution >= 0.6 is 11.3 Å². The Labute approximate surface area is 231 Å². The summed E-state index contributed by atoms with van der Waals surface area (Å²) < 4.78 is 5.43. The number of rotatable bonds is 13. The van der Waals surface area contributed by atoms with Crippen LogP contribution < -0.4 is 0 Å². The van der Waals surface area contributed by atoms with Crippen LogP contribution in [0.2, 0.25) is 0 Å². The van der Waals surface area contributed by atoms with E-state index < -0.39 is 0 Å². The number of thiophene rings is 1. The lowest BCUT2D eigenvalue weighted by atomic mass is 10.0. The predicted octanol–water partition coefficient (Wildman–Crippen LogP) is 12.0. The maximum atomic E-state index is 2.63. The molecular formula is C36H41NS. The highest BCUT2D eigenvalue weighted by atomic mass is 32.1. The molecule has 196 valence electrons. The van der Waals surface area contributed by atoms with Crippen molar-refractivity contribution >= 4 is 64.1 Å². The second-order valence-electron chi connectivity index (χ2n) is 11.2. The molecular weight excluding hydrogens is 478 g/mol. The maximum Gasteiger partial charge on any atom is 0.0571 e. The molecule has 0 saturated heterocycles. The molecule has 0 aliphatic heterocycles. The number of aryl methyl sites for hydroxylation is 1. The Hall–Kier alpha value is -2.84. The molecule has 0 N–H and O–H groups in total. The van der Waals surface area contributed by atoms with Gasteiger partial charge in [0.1, 0.15) is 0 Å². The average Bonchev–Trinajstić information content (AvgIpc) is 3.50. The van der Waals surface area contributed by atoms with E-state index in [0.717, 1.165) is 6.54 Å². The first-order valence-electron chi connectivity index (χ1n) is 15.1. The molecule has 38 heavy (non-hydrogen) atoms. The van der Waals surface area contributed by atoms with Crippen LogP contribution in [0.1, 0.15) is 84.0 Å². The van der Waals surface area contributed by atoms with Gasteiger partial charge in [0.15, 0.2) is 0 Å². The van der Waals surface area contributed by atoms with Crippen LogP contribution in [-0.2, 0) is 6.54 Å². The van der Waals surface area contributed by atoms with E-state index in [2.05, 4.69) is 84.3 Å². The third-order valence-corrected chi connectivity index (χ3v) is 9.72. The fourth-order valence-electron chi connectivity index (χ4n) is 6.48. The summed E-state index contributed by atoms with van der Waals surface area (Å²) in [6.45, 7) is 3.40. The first kappa shape index (κ1) is 25.4. The quantitative estimate of drug-likeness (QED) is 0.134. The molecule has 0 fully saturated rings. The van der Waals surface area contributed by atoms with Crippen molar-refractivity contribution in [3.05, 3.63) is 72.8 Å². The first-order chi connectivity index (χ1) is 18.9. The van der Waals surface area contributed by atoms with E-state index in [-0.39, 0.29) is 0 Å². The van der Waals surface area contributed by atoms with Crippen LogP contribution in [0.3, 0.4) is 0 Å². The molecule has 0 saturated carbocycles. The molecule has 2 heterocycles. The van der Waals surface area contributed by atoms with Crippen LogP contribution in [-0.4, -0.2) is 4.57 Å². The normalized spacial score (nSPS) is 12.1. The standard InChI is InChI=1S/C36H41NS/c1-2-3-4-5-6-7-8-9-10-11-12-17-26-37-33-20-15-13-18-27(33)29-22-25-32-30(35(29)37)23-24-31-28-19-14-16-21-34(28)38-36(31)32/h13-16,18-25H,2-12,17,26H2,1H3. The fraction of sp³-hybridized carbons (Fsp3) is 0.389. The van der Waals surface area contributed by atoms with Gasteiger partial charge in [-0.05, 0) is 18.6 Å². The van der Waals surface area contributed by atoms with Crippen molar-refractivity contribution in [1.29, 1.82) is 0 Å². The summed E-state index contributed by atoms with van der Waals surface area (Å²) in [6.07, 6.45) is 16.7. The lowest BCUT2D eigenvalue weighted by molar-refractivity contribution is 0.533. The van der Waals surface area contributed by atoms with Crippen molar-refractivity contribution in [1.82, 2.24) is 4.57 Å². The van der Waals surface area contributed by atoms with E-state index in [1.54, 1.807) is 0 Å². The van der Waals surface area contributed by atoms with Gasteiger partial charge in [0.05, 0.1) is 5.52 Å². The summed E-state index contributed by atoms with van der Waals surface area (Å²) in [5, 5.41) is 8.35. The minimum Gasteiger partial charge on any atom is -0.340 e. The highest BCUT2D eigenvalue weighted by molar-refractivity contribution is 7.26. The van der Waals surface area contributed by atoms with Gasteiger partial charge in [-0.2, -0.15) is 0 Å². The third-order valence-electron chi connectivity index (χ3n) is 8.50. The zero-order chi connectivity index (χ0) is 25.7. The van der Waals surface area contributed by atoms with Gasteiger partial charge in [0, 0.05) is 53.8 Å². The largest absolute Gasteiger partial charge is 0.340 e. The highest BCUT2D eigenvalue weighted by Gasteiger charge is 2.16. The van der Waals surface area contributed by atoms with E-state index in [9.17, 15) is 0 Å². The van der Waals surface area contributed by atoms with Crippen LogP contribution in [0, 0.1) is 0 Å². The summed E-state index contributed by atoms with van der Waals surface area (Å²) in [6, 6.07) is 27.4. The lowest BCUT2D eigenvalue weighted by Crippen LogP contribution is -1.98. The lowest BCUT2D eigenvalue weighted by Gasteiger charge is -2.10. The number of hydrogen-bond donors (Lipinski definition) is 0. The minimum absolute atomic E-state index is 1.10. The predicted molar refractivity (Wildman–Crippen MR) is 171 cm³/mol. The monoisotopic (exact) mass is 519 g/mol. The Morgan fingerprint density at radius 1 is 0.500 bits per heavy atom. The van der Waals surface area contributed by atoms with Gasteiger partial charge in [-0.3, -0.25) is 0 Å². The second kappa shape index (κ2) is 11.9. The van der Waals surface area contributed by atoms with Crippen molar-refractivity contribution < 1.29 is 0 Å². The number of para-hydroxylation sites is 1. The second-order valence-corrected chi connectivity index (χ2v) is 12.2. The van der Waals surface area contributed by atoms with E-state index in [4.69, 9.17) is 0 Å². The summed E-state index contributed by atoms with van der Waals surface area (Å²) in [5.74, 6) is 0. The Morgan fingerprint density at radius 2 is 1.03 bits per heavy atom. The smallest absolute Gasteiger partial charge is 0.0571 e. The molecule has 0 atom stereocenters. The van der Waals surface area contributed by atoms with Crippen LogP contribution in [0.25, 0.3) is 52.8 Å². The molecule has 4 aromatic carbocycles. The SMILES string of the molecule is CCCCCCCCCCCCCCn1c2ccccc2c2ccc3c(ccc4c5ccccc5sc43)c21. The van der Waals surface area contributed by atoms with Crippen LogP contribution in [0.15, 0.2) is 72.8 Å². The highest BCUT2D eigenvalue weighted by Crippen LogP contribution is 2.42. The Kier molecular flexibility index (Phi) is 7.97. The van der Waals surface area contributed by atoms with Gasteiger partial charge in [-0.25, -0.2) is 0 Å². The molecule has 0 radical (unpaired) electrons. The van der Waals surface area contributed by atoms with Crippen LogP contribution in [0.5, 0.6) is 0 Å².